The molecule has 1 aromatic rings. The fraction of sp³-hybridized carbons (Fsp3) is 0.500. The first-order valence-corrected chi connectivity index (χ1v) is 7.44. The van der Waals surface area contributed by atoms with E-state index in [0.29, 0.717) is 13.2 Å². The van der Waals surface area contributed by atoms with Gasteiger partial charge in [-0.3, -0.25) is 14.5 Å². The molecule has 1 N–H and O–H groups in total. The average Bonchev–Trinajstić information content (AvgIpc) is 2.49. The van der Waals surface area contributed by atoms with Crippen LogP contribution < -0.4 is 5.32 Å². The van der Waals surface area contributed by atoms with Crippen LogP contribution in [-0.4, -0.2) is 42.5 Å². The Morgan fingerprint density at radius 2 is 2.14 bits per heavy atom. The van der Waals surface area contributed by atoms with Crippen LogP contribution in [0.3, 0.4) is 0 Å². The van der Waals surface area contributed by atoms with E-state index in [0.717, 1.165) is 24.2 Å². The van der Waals surface area contributed by atoms with Crippen molar-refractivity contribution >= 4 is 17.6 Å². The predicted octanol–water partition coefficient (Wildman–Crippen LogP) is 1.82. The van der Waals surface area contributed by atoms with Crippen LogP contribution in [0.2, 0.25) is 0 Å². The van der Waals surface area contributed by atoms with Crippen molar-refractivity contribution in [2.24, 2.45) is 0 Å². The minimum Gasteiger partial charge on any atom is -0.463 e. The topological polar surface area (TPSA) is 58.6 Å². The highest BCUT2D eigenvalue weighted by atomic mass is 16.5. The Morgan fingerprint density at radius 3 is 2.86 bits per heavy atom. The summed E-state index contributed by atoms with van der Waals surface area (Å²) in [4.78, 5) is 26.0. The van der Waals surface area contributed by atoms with Gasteiger partial charge in [-0.25, -0.2) is 0 Å². The summed E-state index contributed by atoms with van der Waals surface area (Å²) < 4.78 is 5.06. The molecule has 1 saturated heterocycles. The van der Waals surface area contributed by atoms with E-state index >= 15 is 0 Å². The summed E-state index contributed by atoms with van der Waals surface area (Å²) in [6, 6.07) is 7.24. The smallest absolute Gasteiger partial charge is 0.323 e. The van der Waals surface area contributed by atoms with E-state index < -0.39 is 6.04 Å². The number of aryl methyl sites for hydroxylation is 1. The Morgan fingerprint density at radius 1 is 1.38 bits per heavy atom. The van der Waals surface area contributed by atoms with E-state index in [1.54, 1.807) is 0 Å². The molecule has 5 nitrogen and oxygen atoms in total. The van der Waals surface area contributed by atoms with Crippen molar-refractivity contribution in [3.8, 4) is 0 Å². The molecule has 0 spiro atoms. The molecule has 0 saturated carbocycles. The molecule has 0 bridgehead atoms. The van der Waals surface area contributed by atoms with Crippen molar-refractivity contribution in [1.29, 1.82) is 0 Å². The zero-order valence-corrected chi connectivity index (χ0v) is 12.6. The van der Waals surface area contributed by atoms with Crippen LogP contribution in [0.25, 0.3) is 0 Å². The number of likely N-dealkylation sites (N-methyl/N-ethyl adjacent to an activating group) is 1. The van der Waals surface area contributed by atoms with Crippen LogP contribution in [-0.2, 0) is 20.7 Å². The zero-order chi connectivity index (χ0) is 15.2. The number of rotatable bonds is 5. The number of amides is 1. The molecule has 1 atom stereocenters. The maximum atomic E-state index is 12.2. The number of cyclic esters (lactones) is 1. The number of morpholine rings is 1. The standard InChI is InChI=1S/C16H22N2O3/c1-3-12-7-5-6-8-13(12)17-15(19)11-14-16(20)21-10-9-18(14)4-2/h5-8,14H,3-4,9-11H2,1-2H3,(H,17,19). The molecule has 2 rings (SSSR count). The minimum absolute atomic E-state index is 0.130. The molecular weight excluding hydrogens is 268 g/mol. The fourth-order valence-corrected chi connectivity index (χ4v) is 2.58. The van der Waals surface area contributed by atoms with Gasteiger partial charge in [0.05, 0.1) is 6.42 Å². The van der Waals surface area contributed by atoms with Gasteiger partial charge in [-0.2, -0.15) is 0 Å². The lowest BCUT2D eigenvalue weighted by Gasteiger charge is -2.32. The largest absolute Gasteiger partial charge is 0.463 e. The number of esters is 1. The van der Waals surface area contributed by atoms with Crippen molar-refractivity contribution in [3.63, 3.8) is 0 Å². The number of hydrogen-bond acceptors (Lipinski definition) is 4. The average molecular weight is 290 g/mol. The molecule has 21 heavy (non-hydrogen) atoms. The second-order valence-corrected chi connectivity index (χ2v) is 5.07. The summed E-state index contributed by atoms with van der Waals surface area (Å²) in [6.45, 7) is 5.85. The van der Waals surface area contributed by atoms with E-state index in [2.05, 4.69) is 5.32 Å². The van der Waals surface area contributed by atoms with E-state index in [1.807, 2.05) is 43.0 Å². The molecule has 0 radical (unpaired) electrons. The maximum absolute atomic E-state index is 12.2. The molecule has 1 amide bonds. The predicted molar refractivity (Wildman–Crippen MR) is 81.1 cm³/mol. The van der Waals surface area contributed by atoms with Gasteiger partial charge in [0.15, 0.2) is 0 Å². The second kappa shape index (κ2) is 7.22. The van der Waals surface area contributed by atoms with Gasteiger partial charge in [-0.15, -0.1) is 0 Å². The Balaban J connectivity index is 2.01. The third-order valence-corrected chi connectivity index (χ3v) is 3.79. The fourth-order valence-electron chi connectivity index (χ4n) is 2.58. The summed E-state index contributed by atoms with van der Waals surface area (Å²) in [5.41, 5.74) is 1.90. The number of nitrogens with zero attached hydrogens (tertiary/aromatic N) is 1. The Bertz CT molecular complexity index is 516. The van der Waals surface area contributed by atoms with Crippen LogP contribution in [0.15, 0.2) is 24.3 Å². The third kappa shape index (κ3) is 3.82. The molecule has 1 aliphatic heterocycles. The summed E-state index contributed by atoms with van der Waals surface area (Å²) in [7, 11) is 0. The van der Waals surface area contributed by atoms with Crippen LogP contribution in [0.5, 0.6) is 0 Å². The lowest BCUT2D eigenvalue weighted by molar-refractivity contribution is -0.158. The third-order valence-electron chi connectivity index (χ3n) is 3.79. The molecule has 0 aliphatic carbocycles. The highest BCUT2D eigenvalue weighted by molar-refractivity contribution is 5.95. The highest BCUT2D eigenvalue weighted by Crippen LogP contribution is 2.17. The first-order valence-electron chi connectivity index (χ1n) is 7.44. The van der Waals surface area contributed by atoms with Gasteiger partial charge >= 0.3 is 5.97 Å². The van der Waals surface area contributed by atoms with Crippen molar-refractivity contribution in [2.45, 2.75) is 32.7 Å². The van der Waals surface area contributed by atoms with Gasteiger partial charge in [0.25, 0.3) is 0 Å². The van der Waals surface area contributed by atoms with E-state index in [4.69, 9.17) is 4.74 Å². The lowest BCUT2D eigenvalue weighted by atomic mass is 10.1. The van der Waals surface area contributed by atoms with E-state index in [9.17, 15) is 9.59 Å². The quantitative estimate of drug-likeness (QED) is 0.841. The van der Waals surface area contributed by atoms with Crippen LogP contribution in [0.4, 0.5) is 5.69 Å². The molecule has 1 aromatic carbocycles. The van der Waals surface area contributed by atoms with Crippen molar-refractivity contribution in [2.75, 3.05) is 25.0 Å². The molecule has 0 aromatic heterocycles. The van der Waals surface area contributed by atoms with Gasteiger partial charge in [-0.1, -0.05) is 32.0 Å². The van der Waals surface area contributed by atoms with Gasteiger partial charge in [0.1, 0.15) is 12.6 Å². The molecule has 1 fully saturated rings. The molecule has 114 valence electrons. The molecule has 5 heteroatoms. The Kier molecular flexibility index (Phi) is 5.33. The summed E-state index contributed by atoms with van der Waals surface area (Å²) in [6.07, 6.45) is 0.980. The number of anilines is 1. The summed E-state index contributed by atoms with van der Waals surface area (Å²) >= 11 is 0. The number of para-hydroxylation sites is 1. The van der Waals surface area contributed by atoms with Crippen LogP contribution in [0.1, 0.15) is 25.8 Å². The number of carbonyl (C=O) groups excluding carboxylic acids is 2. The molecule has 1 aliphatic rings. The monoisotopic (exact) mass is 290 g/mol. The molecule has 1 unspecified atom stereocenters. The maximum Gasteiger partial charge on any atom is 0.323 e. The summed E-state index contributed by atoms with van der Waals surface area (Å²) in [5.74, 6) is -0.458. The van der Waals surface area contributed by atoms with E-state index in [1.165, 1.54) is 0 Å². The van der Waals surface area contributed by atoms with Crippen LogP contribution >= 0.6 is 0 Å². The van der Waals surface area contributed by atoms with Crippen LogP contribution in [0, 0.1) is 0 Å². The lowest BCUT2D eigenvalue weighted by Crippen LogP contribution is -2.50. The molecule has 1 heterocycles. The first kappa shape index (κ1) is 15.5. The first-order chi connectivity index (χ1) is 10.2. The normalized spacial score (nSPS) is 19.1. The highest BCUT2D eigenvalue weighted by Gasteiger charge is 2.32. The number of carbonyl (C=O) groups is 2. The van der Waals surface area contributed by atoms with Gasteiger partial charge < -0.3 is 10.1 Å². The van der Waals surface area contributed by atoms with Gasteiger partial charge in [-0.05, 0) is 24.6 Å². The van der Waals surface area contributed by atoms with Crippen molar-refractivity contribution < 1.29 is 14.3 Å². The van der Waals surface area contributed by atoms with Crippen molar-refractivity contribution in [3.05, 3.63) is 29.8 Å². The Labute approximate surface area is 125 Å². The second-order valence-electron chi connectivity index (χ2n) is 5.07. The minimum atomic E-state index is -0.475. The summed E-state index contributed by atoms with van der Waals surface area (Å²) in [5, 5.41) is 2.90. The van der Waals surface area contributed by atoms with Crippen molar-refractivity contribution in [1.82, 2.24) is 4.90 Å². The van der Waals surface area contributed by atoms with Gasteiger partial charge in [0.2, 0.25) is 5.91 Å². The van der Waals surface area contributed by atoms with E-state index in [-0.39, 0.29) is 18.3 Å². The number of nitrogens with one attached hydrogen (secondary N) is 1. The van der Waals surface area contributed by atoms with Gasteiger partial charge in [0, 0.05) is 12.2 Å². The number of hydrogen-bond donors (Lipinski definition) is 1. The SMILES string of the molecule is CCc1ccccc1NC(=O)CC1C(=O)OCCN1CC. The zero-order valence-electron chi connectivity index (χ0n) is 12.6. The number of benzene rings is 1. The Hall–Kier alpha value is -1.88. The molecular formula is C16H22N2O3. The number of ether oxygens (including phenoxy) is 1.